The van der Waals surface area contributed by atoms with Gasteiger partial charge in [-0.1, -0.05) is 11.6 Å². The first-order valence-corrected chi connectivity index (χ1v) is 8.87. The number of benzene rings is 1. The smallest absolute Gasteiger partial charge is 0.241 e. The van der Waals surface area contributed by atoms with Crippen LogP contribution in [0.2, 0.25) is 5.02 Å². The molecular weight excluding hydrogens is 326 g/mol. The number of amides is 1. The van der Waals surface area contributed by atoms with Gasteiger partial charge in [0.25, 0.3) is 0 Å². The van der Waals surface area contributed by atoms with E-state index < -0.39 is 20.5 Å². The van der Waals surface area contributed by atoms with Gasteiger partial charge in [0.1, 0.15) is 4.75 Å². The van der Waals surface area contributed by atoms with Crippen molar-refractivity contribution in [2.45, 2.75) is 36.3 Å². The summed E-state index contributed by atoms with van der Waals surface area (Å²) in [5.41, 5.74) is 0. The molecule has 0 aromatic heterocycles. The Morgan fingerprint density at radius 3 is 2.36 bits per heavy atom. The van der Waals surface area contributed by atoms with Crippen LogP contribution >= 0.6 is 11.6 Å². The third-order valence-electron chi connectivity index (χ3n) is 3.40. The van der Waals surface area contributed by atoms with Gasteiger partial charge in [0.15, 0.2) is 9.84 Å². The van der Waals surface area contributed by atoms with E-state index in [2.05, 4.69) is 5.32 Å². The lowest BCUT2D eigenvalue weighted by molar-refractivity contribution is -0.122. The number of unbranched alkanes of at least 4 members (excludes halogenated alkanes) is 1. The van der Waals surface area contributed by atoms with Crippen molar-refractivity contribution in [1.82, 2.24) is 5.32 Å². The lowest BCUT2D eigenvalue weighted by atomic mass is 10.2. The highest BCUT2D eigenvalue weighted by Crippen LogP contribution is 2.26. The number of methoxy groups -OCH3 is 1. The average molecular weight is 348 g/mol. The zero-order valence-electron chi connectivity index (χ0n) is 13.1. The van der Waals surface area contributed by atoms with E-state index in [0.717, 1.165) is 12.8 Å². The van der Waals surface area contributed by atoms with Crippen molar-refractivity contribution in [1.29, 1.82) is 0 Å². The first-order valence-electron chi connectivity index (χ1n) is 7.01. The Labute approximate surface area is 136 Å². The van der Waals surface area contributed by atoms with Gasteiger partial charge in [-0.2, -0.15) is 0 Å². The fourth-order valence-corrected chi connectivity index (χ4v) is 3.34. The molecule has 22 heavy (non-hydrogen) atoms. The number of hydrogen-bond acceptors (Lipinski definition) is 4. The number of carbonyl (C=O) groups excluding carboxylic acids is 1. The summed E-state index contributed by atoms with van der Waals surface area (Å²) in [5.74, 6) is -0.514. The van der Waals surface area contributed by atoms with Crippen molar-refractivity contribution in [2.75, 3.05) is 20.3 Å². The molecule has 0 radical (unpaired) electrons. The summed E-state index contributed by atoms with van der Waals surface area (Å²) in [5, 5.41) is 3.11. The summed E-state index contributed by atoms with van der Waals surface area (Å²) in [6.07, 6.45) is 1.54. The number of halogens is 1. The Kier molecular flexibility index (Phi) is 6.84. The van der Waals surface area contributed by atoms with E-state index in [-0.39, 0.29) is 4.90 Å². The van der Waals surface area contributed by atoms with E-state index in [4.69, 9.17) is 16.3 Å². The van der Waals surface area contributed by atoms with Gasteiger partial charge in [0, 0.05) is 25.3 Å². The average Bonchev–Trinajstić information content (AvgIpc) is 2.47. The molecule has 1 rings (SSSR count). The van der Waals surface area contributed by atoms with Crippen LogP contribution in [-0.4, -0.2) is 39.3 Å². The zero-order valence-corrected chi connectivity index (χ0v) is 14.6. The first kappa shape index (κ1) is 18.9. The fourth-order valence-electron chi connectivity index (χ4n) is 1.82. The molecule has 0 atom stereocenters. The summed E-state index contributed by atoms with van der Waals surface area (Å²) in [6, 6.07) is 5.80. The molecule has 5 nitrogen and oxygen atoms in total. The van der Waals surface area contributed by atoms with Crippen molar-refractivity contribution in [3.63, 3.8) is 0 Å². The van der Waals surface area contributed by atoms with Gasteiger partial charge in [0.05, 0.1) is 4.90 Å². The molecule has 0 heterocycles. The van der Waals surface area contributed by atoms with Gasteiger partial charge in [-0.05, 0) is 51.0 Å². The van der Waals surface area contributed by atoms with Crippen LogP contribution in [0.1, 0.15) is 26.7 Å². The van der Waals surface area contributed by atoms with Crippen LogP contribution in [0.5, 0.6) is 0 Å². The molecule has 0 aliphatic carbocycles. The molecular formula is C15H22ClNO4S. The predicted octanol–water partition coefficient (Wildman–Crippen LogP) is 2.44. The Hall–Kier alpha value is -1.11. The van der Waals surface area contributed by atoms with Gasteiger partial charge in [0.2, 0.25) is 5.91 Å². The van der Waals surface area contributed by atoms with E-state index in [0.29, 0.717) is 18.2 Å². The van der Waals surface area contributed by atoms with Gasteiger partial charge in [-0.25, -0.2) is 8.42 Å². The van der Waals surface area contributed by atoms with Crippen LogP contribution < -0.4 is 5.32 Å². The maximum absolute atomic E-state index is 12.6. The molecule has 1 aromatic carbocycles. The van der Waals surface area contributed by atoms with Gasteiger partial charge < -0.3 is 10.1 Å². The van der Waals surface area contributed by atoms with E-state index >= 15 is 0 Å². The second-order valence-corrected chi connectivity index (χ2v) is 8.36. The minimum atomic E-state index is -3.80. The highest BCUT2D eigenvalue weighted by Gasteiger charge is 2.42. The number of carbonyl (C=O) groups is 1. The van der Waals surface area contributed by atoms with E-state index in [1.807, 2.05) is 0 Å². The second-order valence-electron chi connectivity index (χ2n) is 5.42. The van der Waals surface area contributed by atoms with Crippen molar-refractivity contribution >= 4 is 27.3 Å². The molecule has 7 heteroatoms. The fraction of sp³-hybridized carbons (Fsp3) is 0.533. The SMILES string of the molecule is COCCCCNC(=O)C(C)(C)S(=O)(=O)c1ccc(Cl)cc1. The maximum atomic E-state index is 12.6. The molecule has 1 aromatic rings. The standard InChI is InChI=1S/C15H22ClNO4S/c1-15(2,14(18)17-10-4-5-11-21-3)22(19,20)13-8-6-12(16)7-9-13/h6-9H,4-5,10-11H2,1-3H3,(H,17,18). The molecule has 0 aliphatic rings. The lowest BCUT2D eigenvalue weighted by Crippen LogP contribution is -2.48. The van der Waals surface area contributed by atoms with Gasteiger partial charge >= 0.3 is 0 Å². The van der Waals surface area contributed by atoms with Gasteiger partial charge in [-0.15, -0.1) is 0 Å². The van der Waals surface area contributed by atoms with Gasteiger partial charge in [-0.3, -0.25) is 4.79 Å². The number of ether oxygens (including phenoxy) is 1. The van der Waals surface area contributed by atoms with Crippen molar-refractivity contribution < 1.29 is 17.9 Å². The number of nitrogens with one attached hydrogen (secondary N) is 1. The summed E-state index contributed by atoms with van der Waals surface area (Å²) in [6.45, 7) is 3.84. The van der Waals surface area contributed by atoms with Crippen molar-refractivity contribution in [3.8, 4) is 0 Å². The summed E-state index contributed by atoms with van der Waals surface area (Å²) in [4.78, 5) is 12.3. The van der Waals surface area contributed by atoms with Crippen molar-refractivity contribution in [3.05, 3.63) is 29.3 Å². The van der Waals surface area contributed by atoms with Crippen LogP contribution in [0.4, 0.5) is 0 Å². The van der Waals surface area contributed by atoms with Crippen molar-refractivity contribution in [2.24, 2.45) is 0 Å². The molecule has 0 aliphatic heterocycles. The predicted molar refractivity (Wildman–Crippen MR) is 86.8 cm³/mol. The monoisotopic (exact) mass is 347 g/mol. The Morgan fingerprint density at radius 2 is 1.82 bits per heavy atom. The molecule has 0 unspecified atom stereocenters. The number of hydrogen-bond donors (Lipinski definition) is 1. The molecule has 0 saturated carbocycles. The summed E-state index contributed by atoms with van der Waals surface area (Å²) >= 11 is 5.76. The van der Waals surface area contributed by atoms with E-state index in [9.17, 15) is 13.2 Å². The zero-order chi connectivity index (χ0) is 16.8. The minimum Gasteiger partial charge on any atom is -0.385 e. The third kappa shape index (κ3) is 4.44. The summed E-state index contributed by atoms with van der Waals surface area (Å²) < 4.78 is 28.6. The number of rotatable bonds is 8. The second kappa shape index (κ2) is 7.94. The highest BCUT2D eigenvalue weighted by atomic mass is 35.5. The first-order chi connectivity index (χ1) is 10.2. The quantitative estimate of drug-likeness (QED) is 0.733. The lowest BCUT2D eigenvalue weighted by Gasteiger charge is -2.24. The van der Waals surface area contributed by atoms with Crippen LogP contribution in [0.3, 0.4) is 0 Å². The Morgan fingerprint density at radius 1 is 1.23 bits per heavy atom. The third-order valence-corrected chi connectivity index (χ3v) is 6.08. The Bertz CT molecular complexity index is 596. The topological polar surface area (TPSA) is 72.5 Å². The number of sulfone groups is 1. The van der Waals surface area contributed by atoms with Crippen LogP contribution in [-0.2, 0) is 19.4 Å². The molecule has 0 bridgehead atoms. The minimum absolute atomic E-state index is 0.0800. The highest BCUT2D eigenvalue weighted by molar-refractivity contribution is 7.93. The molecule has 1 amide bonds. The van der Waals surface area contributed by atoms with Crippen LogP contribution in [0.15, 0.2) is 29.2 Å². The summed E-state index contributed by atoms with van der Waals surface area (Å²) in [7, 11) is -2.19. The van der Waals surface area contributed by atoms with E-state index in [1.165, 1.54) is 38.1 Å². The van der Waals surface area contributed by atoms with Crippen LogP contribution in [0, 0.1) is 0 Å². The molecule has 124 valence electrons. The van der Waals surface area contributed by atoms with E-state index in [1.54, 1.807) is 7.11 Å². The van der Waals surface area contributed by atoms with Crippen LogP contribution in [0.25, 0.3) is 0 Å². The Balaban J connectivity index is 2.78. The molecule has 0 fully saturated rings. The normalized spacial score (nSPS) is 12.2. The molecule has 1 N–H and O–H groups in total. The molecule has 0 saturated heterocycles. The molecule has 0 spiro atoms. The largest absolute Gasteiger partial charge is 0.385 e. The maximum Gasteiger partial charge on any atom is 0.241 e.